The Labute approximate surface area is 176 Å². The molecule has 10 heteroatoms. The minimum atomic E-state index is -3.37. The third-order valence-corrected chi connectivity index (χ3v) is 6.93. The van der Waals surface area contributed by atoms with Crippen LogP contribution in [0, 0.1) is 5.82 Å². The van der Waals surface area contributed by atoms with E-state index in [4.69, 9.17) is 0 Å². The van der Waals surface area contributed by atoms with Gasteiger partial charge in [0, 0.05) is 51.8 Å². The van der Waals surface area contributed by atoms with Crippen LogP contribution in [0.15, 0.2) is 30.3 Å². The molecule has 8 nitrogen and oxygen atoms in total. The highest BCUT2D eigenvalue weighted by Gasteiger charge is 2.33. The topological polar surface area (TPSA) is 86.7 Å². The number of amides is 1. The smallest absolute Gasteiger partial charge is 0.227 e. The lowest BCUT2D eigenvalue weighted by Gasteiger charge is -2.20. The molecule has 1 aromatic heterocycles. The van der Waals surface area contributed by atoms with Crippen molar-refractivity contribution in [1.29, 1.82) is 0 Å². The van der Waals surface area contributed by atoms with Crippen LogP contribution in [-0.4, -0.2) is 62.0 Å². The molecule has 1 fully saturated rings. The second-order valence-corrected chi connectivity index (χ2v) is 9.86. The average molecular weight is 436 g/mol. The molecule has 1 aliphatic rings. The molecule has 0 bridgehead atoms. The van der Waals surface area contributed by atoms with Gasteiger partial charge in [-0.1, -0.05) is 0 Å². The van der Waals surface area contributed by atoms with Gasteiger partial charge in [-0.05, 0) is 31.2 Å². The molecule has 1 saturated heterocycles. The number of nitrogens with zero attached hydrogens (tertiary/aromatic N) is 5. The summed E-state index contributed by atoms with van der Waals surface area (Å²) in [5.41, 5.74) is 1.32. The van der Waals surface area contributed by atoms with Crippen LogP contribution in [0.25, 0.3) is 0 Å². The lowest BCUT2D eigenvalue weighted by molar-refractivity contribution is -0.117. The van der Waals surface area contributed by atoms with Crippen LogP contribution in [0.4, 0.5) is 15.9 Å². The number of sulfonamides is 1. The van der Waals surface area contributed by atoms with E-state index >= 15 is 0 Å². The molecule has 162 valence electrons. The van der Waals surface area contributed by atoms with E-state index in [-0.39, 0.29) is 36.4 Å². The van der Waals surface area contributed by atoms with E-state index in [2.05, 4.69) is 9.97 Å². The Hall–Kier alpha value is -2.59. The highest BCUT2D eigenvalue weighted by atomic mass is 32.2. The summed E-state index contributed by atoms with van der Waals surface area (Å²) in [6, 6.07) is 7.64. The predicted octanol–water partition coefficient (Wildman–Crippen LogP) is 1.98. The Kier molecular flexibility index (Phi) is 6.37. The zero-order valence-corrected chi connectivity index (χ0v) is 18.4. The first-order valence-electron chi connectivity index (χ1n) is 9.66. The highest BCUT2D eigenvalue weighted by Crippen LogP contribution is 2.32. The summed E-state index contributed by atoms with van der Waals surface area (Å²) < 4.78 is 38.7. The van der Waals surface area contributed by atoms with Crippen molar-refractivity contribution in [3.63, 3.8) is 0 Å². The molecule has 1 aromatic carbocycles. The first-order chi connectivity index (χ1) is 14.1. The van der Waals surface area contributed by atoms with Gasteiger partial charge in [0.05, 0.1) is 18.0 Å². The third kappa shape index (κ3) is 4.76. The molecule has 30 heavy (non-hydrogen) atoms. The van der Waals surface area contributed by atoms with Crippen molar-refractivity contribution >= 4 is 27.4 Å². The Morgan fingerprint density at radius 1 is 1.17 bits per heavy atom. The molecular weight excluding hydrogens is 409 g/mol. The zero-order valence-electron chi connectivity index (χ0n) is 17.5. The predicted molar refractivity (Wildman–Crippen MR) is 113 cm³/mol. The lowest BCUT2D eigenvalue weighted by atomic mass is 10.0. The van der Waals surface area contributed by atoms with Crippen molar-refractivity contribution in [3.8, 4) is 0 Å². The number of carbonyl (C=O) groups excluding carboxylic acids is 1. The number of benzene rings is 1. The number of halogens is 1. The fourth-order valence-corrected chi connectivity index (χ4v) is 4.06. The van der Waals surface area contributed by atoms with E-state index in [9.17, 15) is 17.6 Å². The third-order valence-electron chi connectivity index (χ3n) is 5.12. The van der Waals surface area contributed by atoms with Crippen molar-refractivity contribution in [3.05, 3.63) is 47.7 Å². The van der Waals surface area contributed by atoms with Gasteiger partial charge in [0.15, 0.2) is 0 Å². The molecule has 2 aromatic rings. The van der Waals surface area contributed by atoms with Crippen molar-refractivity contribution in [1.82, 2.24) is 14.3 Å². The molecule has 3 rings (SSSR count). The van der Waals surface area contributed by atoms with Gasteiger partial charge in [-0.3, -0.25) is 4.79 Å². The maximum atomic E-state index is 13.2. The SMILES string of the molecule is CCS(=O)(=O)N(C)Cc1nc([C@@H]2CC(=O)N(c3ccc(F)cc3)C2)cc(N(C)C)n1. The molecule has 0 radical (unpaired) electrons. The fourth-order valence-electron chi connectivity index (χ4n) is 3.31. The molecule has 1 atom stereocenters. The largest absolute Gasteiger partial charge is 0.363 e. The molecule has 0 saturated carbocycles. The van der Waals surface area contributed by atoms with Crippen molar-refractivity contribution in [2.45, 2.75) is 25.8 Å². The van der Waals surface area contributed by atoms with Gasteiger partial charge in [0.1, 0.15) is 17.5 Å². The molecule has 0 unspecified atom stereocenters. The van der Waals surface area contributed by atoms with Crippen LogP contribution in [0.2, 0.25) is 0 Å². The summed E-state index contributed by atoms with van der Waals surface area (Å²) in [6.07, 6.45) is 0.268. The van der Waals surface area contributed by atoms with Gasteiger partial charge in [0.2, 0.25) is 15.9 Å². The first kappa shape index (κ1) is 22.1. The molecule has 2 heterocycles. The second-order valence-electron chi connectivity index (χ2n) is 7.50. The van der Waals surface area contributed by atoms with Gasteiger partial charge in [-0.15, -0.1) is 0 Å². The van der Waals surface area contributed by atoms with Crippen LogP contribution in [-0.2, 0) is 21.4 Å². The first-order valence-corrected chi connectivity index (χ1v) is 11.3. The number of rotatable bonds is 7. The van der Waals surface area contributed by atoms with E-state index in [1.165, 1.54) is 23.5 Å². The number of hydrogen-bond acceptors (Lipinski definition) is 6. The standard InChI is InChI=1S/C20H26FN5O3S/c1-5-30(28,29)25(4)13-18-22-17(11-19(23-18)24(2)3)14-10-20(27)26(12-14)16-8-6-15(21)7-9-16/h6-9,11,14H,5,10,12-13H2,1-4H3/t14-/m1/s1. The number of carbonyl (C=O) groups is 1. The zero-order chi connectivity index (χ0) is 22.1. The average Bonchev–Trinajstić information content (AvgIpc) is 3.10. The van der Waals surface area contributed by atoms with E-state index in [0.29, 0.717) is 29.6 Å². The Morgan fingerprint density at radius 2 is 1.83 bits per heavy atom. The second kappa shape index (κ2) is 8.65. The van der Waals surface area contributed by atoms with Gasteiger partial charge < -0.3 is 9.80 Å². The minimum absolute atomic E-state index is 0.00646. The van der Waals surface area contributed by atoms with Crippen molar-refractivity contribution in [2.24, 2.45) is 0 Å². The Morgan fingerprint density at radius 3 is 2.43 bits per heavy atom. The quantitative estimate of drug-likeness (QED) is 0.661. The van der Waals surface area contributed by atoms with Crippen LogP contribution < -0.4 is 9.80 Å². The summed E-state index contributed by atoms with van der Waals surface area (Å²) in [5, 5.41) is 0. The van der Waals surface area contributed by atoms with Crippen molar-refractivity contribution in [2.75, 3.05) is 43.2 Å². The van der Waals surface area contributed by atoms with Gasteiger partial charge >= 0.3 is 0 Å². The van der Waals surface area contributed by atoms with Gasteiger partial charge in [-0.2, -0.15) is 4.31 Å². The summed E-state index contributed by atoms with van der Waals surface area (Å²) >= 11 is 0. The van der Waals surface area contributed by atoms with Crippen LogP contribution in [0.3, 0.4) is 0 Å². The molecule has 1 amide bonds. The van der Waals surface area contributed by atoms with Gasteiger partial charge in [0.25, 0.3) is 0 Å². The fraction of sp³-hybridized carbons (Fsp3) is 0.450. The normalized spacial score (nSPS) is 17.1. The van der Waals surface area contributed by atoms with Crippen LogP contribution in [0.1, 0.15) is 30.8 Å². The molecule has 1 aliphatic heterocycles. The number of hydrogen-bond donors (Lipinski definition) is 0. The van der Waals surface area contributed by atoms with E-state index in [1.807, 2.05) is 25.1 Å². The maximum absolute atomic E-state index is 13.2. The van der Waals surface area contributed by atoms with E-state index < -0.39 is 10.0 Å². The minimum Gasteiger partial charge on any atom is -0.363 e. The van der Waals surface area contributed by atoms with E-state index in [1.54, 1.807) is 24.0 Å². The number of anilines is 2. The monoisotopic (exact) mass is 435 g/mol. The molecule has 0 aliphatic carbocycles. The summed E-state index contributed by atoms with van der Waals surface area (Å²) in [6.45, 7) is 2.05. The molecule has 0 spiro atoms. The Balaban J connectivity index is 1.89. The summed E-state index contributed by atoms with van der Waals surface area (Å²) in [7, 11) is 1.81. The molecular formula is C20H26FN5O3S. The highest BCUT2D eigenvalue weighted by molar-refractivity contribution is 7.89. The van der Waals surface area contributed by atoms with Crippen LogP contribution in [0.5, 0.6) is 0 Å². The summed E-state index contributed by atoms with van der Waals surface area (Å²) in [4.78, 5) is 25.1. The van der Waals surface area contributed by atoms with Gasteiger partial charge in [-0.25, -0.2) is 22.8 Å². The number of aromatic nitrogens is 2. The van der Waals surface area contributed by atoms with E-state index in [0.717, 1.165) is 0 Å². The van der Waals surface area contributed by atoms with Crippen molar-refractivity contribution < 1.29 is 17.6 Å². The summed E-state index contributed by atoms with van der Waals surface area (Å²) in [5.74, 6) is 0.422. The van der Waals surface area contributed by atoms with Crippen LogP contribution >= 0.6 is 0 Å². The Bertz CT molecular complexity index is 1030. The maximum Gasteiger partial charge on any atom is 0.227 e. The molecule has 0 N–H and O–H groups in total. The lowest BCUT2D eigenvalue weighted by Crippen LogP contribution is -2.29.